The van der Waals surface area contributed by atoms with Crippen molar-refractivity contribution >= 4 is 5.91 Å². The van der Waals surface area contributed by atoms with Crippen molar-refractivity contribution in [3.8, 4) is 11.5 Å². The van der Waals surface area contributed by atoms with Crippen LogP contribution in [-0.4, -0.2) is 59.5 Å². The second-order valence-corrected chi connectivity index (χ2v) is 8.51. The van der Waals surface area contributed by atoms with Gasteiger partial charge in [0.25, 0.3) is 5.91 Å². The highest BCUT2D eigenvalue weighted by atomic mass is 19.1. The topological polar surface area (TPSA) is 97.1 Å². The van der Waals surface area contributed by atoms with E-state index in [-0.39, 0.29) is 5.76 Å². The van der Waals surface area contributed by atoms with Crippen LogP contribution in [0.3, 0.4) is 0 Å². The number of ether oxygens (including phenoxy) is 2. The standard InChI is InChI=1S/C25H28FN3O5/c1-15-11-22(34-28-15)25(31)27-20-13-21(33-19-6-4-5-17(26)12-19)24(30)23(20)29(2)14-16-7-9-18(32-3)10-8-16/h4-12,20-21,23-24,30H,13-14H2,1-3H3,(H,27,31)/t20-,21-,23+,24+/m1/s1. The number of aromatic nitrogens is 1. The molecular weight excluding hydrogens is 441 g/mol. The third-order valence-electron chi connectivity index (χ3n) is 5.98. The van der Waals surface area contributed by atoms with Gasteiger partial charge >= 0.3 is 0 Å². The number of rotatable bonds is 8. The van der Waals surface area contributed by atoms with E-state index in [4.69, 9.17) is 14.0 Å². The van der Waals surface area contributed by atoms with E-state index in [1.165, 1.54) is 12.1 Å². The van der Waals surface area contributed by atoms with Crippen LogP contribution in [0.15, 0.2) is 59.1 Å². The Hall–Kier alpha value is -3.43. The van der Waals surface area contributed by atoms with Crippen molar-refractivity contribution in [2.24, 2.45) is 0 Å². The molecule has 2 aromatic carbocycles. The van der Waals surface area contributed by atoms with Crippen molar-refractivity contribution < 1.29 is 28.3 Å². The predicted molar refractivity (Wildman–Crippen MR) is 122 cm³/mol. The molecule has 0 bridgehead atoms. The maximum Gasteiger partial charge on any atom is 0.290 e. The summed E-state index contributed by atoms with van der Waals surface area (Å²) in [6, 6.07) is 14.0. The molecule has 8 nitrogen and oxygen atoms in total. The van der Waals surface area contributed by atoms with Gasteiger partial charge in [-0.2, -0.15) is 0 Å². The van der Waals surface area contributed by atoms with Crippen LogP contribution in [0.25, 0.3) is 0 Å². The number of carbonyl (C=O) groups is 1. The van der Waals surface area contributed by atoms with Crippen molar-refractivity contribution in [3.63, 3.8) is 0 Å². The lowest BCUT2D eigenvalue weighted by Gasteiger charge is -2.32. The molecule has 1 aliphatic carbocycles. The van der Waals surface area contributed by atoms with E-state index in [9.17, 15) is 14.3 Å². The predicted octanol–water partition coefficient (Wildman–Crippen LogP) is 2.94. The number of aliphatic hydroxyl groups is 1. The molecule has 1 aromatic heterocycles. The molecule has 1 saturated carbocycles. The lowest BCUT2D eigenvalue weighted by Crippen LogP contribution is -2.51. The molecule has 0 radical (unpaired) electrons. The second kappa shape index (κ2) is 10.2. The summed E-state index contributed by atoms with van der Waals surface area (Å²) in [6.07, 6.45) is -1.26. The molecule has 4 rings (SSSR count). The Morgan fingerprint density at radius 3 is 2.65 bits per heavy atom. The highest BCUT2D eigenvalue weighted by molar-refractivity contribution is 5.91. The summed E-state index contributed by atoms with van der Waals surface area (Å²) in [5.74, 6) is 0.315. The van der Waals surface area contributed by atoms with Gasteiger partial charge in [-0.15, -0.1) is 0 Å². The molecule has 1 aliphatic rings. The van der Waals surface area contributed by atoms with Crippen LogP contribution >= 0.6 is 0 Å². The van der Waals surface area contributed by atoms with E-state index in [1.54, 1.807) is 32.2 Å². The van der Waals surface area contributed by atoms with Crippen molar-refractivity contribution in [1.29, 1.82) is 0 Å². The molecular formula is C25H28FN3O5. The highest BCUT2D eigenvalue weighted by Crippen LogP contribution is 2.30. The van der Waals surface area contributed by atoms with Gasteiger partial charge < -0.3 is 24.4 Å². The summed E-state index contributed by atoms with van der Waals surface area (Å²) in [7, 11) is 3.48. The van der Waals surface area contributed by atoms with Gasteiger partial charge in [0, 0.05) is 25.1 Å². The number of amides is 1. The van der Waals surface area contributed by atoms with E-state index in [2.05, 4.69) is 10.5 Å². The Kier molecular flexibility index (Phi) is 7.14. The van der Waals surface area contributed by atoms with Gasteiger partial charge in [-0.25, -0.2) is 4.39 Å². The minimum Gasteiger partial charge on any atom is -0.497 e. The van der Waals surface area contributed by atoms with E-state index >= 15 is 0 Å². The van der Waals surface area contributed by atoms with Crippen LogP contribution in [0, 0.1) is 12.7 Å². The van der Waals surface area contributed by atoms with Gasteiger partial charge in [-0.05, 0) is 43.8 Å². The fourth-order valence-electron chi connectivity index (χ4n) is 4.37. The van der Waals surface area contributed by atoms with Gasteiger partial charge in [0.15, 0.2) is 0 Å². The van der Waals surface area contributed by atoms with E-state index < -0.39 is 36.0 Å². The average molecular weight is 470 g/mol. The lowest BCUT2D eigenvalue weighted by atomic mass is 10.1. The molecule has 2 N–H and O–H groups in total. The first-order valence-corrected chi connectivity index (χ1v) is 11.0. The van der Waals surface area contributed by atoms with Gasteiger partial charge in [0.05, 0.1) is 24.9 Å². The zero-order valence-corrected chi connectivity index (χ0v) is 19.3. The zero-order valence-electron chi connectivity index (χ0n) is 19.3. The molecule has 180 valence electrons. The Morgan fingerprint density at radius 2 is 2.00 bits per heavy atom. The number of hydrogen-bond acceptors (Lipinski definition) is 7. The number of aryl methyl sites for hydroxylation is 1. The summed E-state index contributed by atoms with van der Waals surface area (Å²) in [5, 5.41) is 17.9. The lowest BCUT2D eigenvalue weighted by molar-refractivity contribution is 0.0123. The number of aliphatic hydroxyl groups excluding tert-OH is 1. The highest BCUT2D eigenvalue weighted by Gasteiger charge is 2.46. The number of hydrogen-bond donors (Lipinski definition) is 2. The maximum atomic E-state index is 13.6. The van der Waals surface area contributed by atoms with Gasteiger partial charge in [0.2, 0.25) is 5.76 Å². The quantitative estimate of drug-likeness (QED) is 0.524. The molecule has 1 heterocycles. The van der Waals surface area contributed by atoms with E-state index in [1.807, 2.05) is 36.2 Å². The first kappa shape index (κ1) is 23.7. The number of benzene rings is 2. The van der Waals surface area contributed by atoms with E-state index in [0.717, 1.165) is 11.3 Å². The summed E-state index contributed by atoms with van der Waals surface area (Å²) in [4.78, 5) is 14.7. The molecule has 0 saturated heterocycles. The van der Waals surface area contributed by atoms with Crippen LogP contribution in [0.2, 0.25) is 0 Å². The van der Waals surface area contributed by atoms with Crippen LogP contribution in [0.4, 0.5) is 4.39 Å². The molecule has 0 aliphatic heterocycles. The minimum atomic E-state index is -0.937. The fourth-order valence-corrected chi connectivity index (χ4v) is 4.37. The number of methoxy groups -OCH3 is 1. The average Bonchev–Trinajstić information content (AvgIpc) is 3.37. The van der Waals surface area contributed by atoms with Gasteiger partial charge in [0.1, 0.15) is 29.5 Å². The Balaban J connectivity index is 1.53. The smallest absolute Gasteiger partial charge is 0.290 e. The first-order chi connectivity index (χ1) is 16.3. The third kappa shape index (κ3) is 5.37. The molecule has 34 heavy (non-hydrogen) atoms. The zero-order chi connectivity index (χ0) is 24.2. The largest absolute Gasteiger partial charge is 0.497 e. The minimum absolute atomic E-state index is 0.0954. The second-order valence-electron chi connectivity index (χ2n) is 8.51. The summed E-state index contributed by atoms with van der Waals surface area (Å²) in [6.45, 7) is 2.25. The molecule has 0 unspecified atom stereocenters. The molecule has 4 atom stereocenters. The van der Waals surface area contributed by atoms with Crippen molar-refractivity contribution in [1.82, 2.24) is 15.4 Å². The summed E-state index contributed by atoms with van der Waals surface area (Å²) < 4.78 is 29.9. The van der Waals surface area contributed by atoms with Gasteiger partial charge in [-0.3, -0.25) is 9.69 Å². The normalized spacial score (nSPS) is 22.1. The van der Waals surface area contributed by atoms with E-state index in [0.29, 0.717) is 24.4 Å². The van der Waals surface area contributed by atoms with Crippen LogP contribution < -0.4 is 14.8 Å². The Morgan fingerprint density at radius 1 is 1.24 bits per heavy atom. The first-order valence-electron chi connectivity index (χ1n) is 11.0. The number of nitrogens with one attached hydrogen (secondary N) is 1. The van der Waals surface area contributed by atoms with Crippen LogP contribution in [0.1, 0.15) is 28.2 Å². The van der Waals surface area contributed by atoms with Crippen molar-refractivity contribution in [2.75, 3.05) is 14.2 Å². The molecule has 3 aromatic rings. The number of likely N-dealkylation sites (N-methyl/N-ethyl adjacent to an activating group) is 1. The molecule has 1 fully saturated rings. The number of halogens is 1. The summed E-state index contributed by atoms with van der Waals surface area (Å²) in [5.41, 5.74) is 1.61. The van der Waals surface area contributed by atoms with Crippen LogP contribution in [0.5, 0.6) is 11.5 Å². The number of carbonyl (C=O) groups excluding carboxylic acids is 1. The Labute approximate surface area is 197 Å². The van der Waals surface area contributed by atoms with Crippen molar-refractivity contribution in [3.05, 3.63) is 77.4 Å². The fraction of sp³-hybridized carbons (Fsp3) is 0.360. The maximum absolute atomic E-state index is 13.6. The Bertz CT molecular complexity index is 1120. The molecule has 1 amide bonds. The third-order valence-corrected chi connectivity index (χ3v) is 5.98. The summed E-state index contributed by atoms with van der Waals surface area (Å²) >= 11 is 0. The van der Waals surface area contributed by atoms with Crippen LogP contribution in [-0.2, 0) is 6.54 Å². The monoisotopic (exact) mass is 469 g/mol. The number of nitrogens with zero attached hydrogens (tertiary/aromatic N) is 2. The molecule has 9 heteroatoms. The SMILES string of the molecule is COc1ccc(CN(C)[C@@H]2[C@@H](O)[C@H](Oc3cccc(F)c3)C[C@H]2NC(=O)c2cc(C)no2)cc1. The molecule has 0 spiro atoms. The van der Waals surface area contributed by atoms with Crippen molar-refractivity contribution in [2.45, 2.75) is 44.2 Å². The van der Waals surface area contributed by atoms with Gasteiger partial charge in [-0.1, -0.05) is 23.4 Å².